The number of nitrogens with zero attached hydrogens (tertiary/aromatic N) is 1. The van der Waals surface area contributed by atoms with E-state index in [0.29, 0.717) is 6.54 Å². The maximum atomic E-state index is 12.9. The van der Waals surface area contributed by atoms with Crippen LogP contribution in [0.1, 0.15) is 24.8 Å². The Kier molecular flexibility index (Phi) is 5.27. The number of carbonyl (C=O) groups is 2. The van der Waals surface area contributed by atoms with Gasteiger partial charge in [-0.05, 0) is 37.1 Å². The molecular weight excluding hydrogens is 275 g/mol. The number of aliphatic carboxylic acids is 1. The van der Waals surface area contributed by atoms with E-state index in [1.165, 1.54) is 12.1 Å². The van der Waals surface area contributed by atoms with Gasteiger partial charge in [-0.1, -0.05) is 12.1 Å². The van der Waals surface area contributed by atoms with Crippen molar-refractivity contribution in [2.24, 2.45) is 0 Å². The molecule has 0 bridgehead atoms. The third-order valence-electron chi connectivity index (χ3n) is 3.60. The molecule has 1 aromatic rings. The zero-order valence-electron chi connectivity index (χ0n) is 11.7. The second-order valence-corrected chi connectivity index (χ2v) is 5.19. The number of carbonyl (C=O) groups excluding carboxylic acids is 1. The molecule has 21 heavy (non-hydrogen) atoms. The van der Waals surface area contributed by atoms with Crippen molar-refractivity contribution in [2.75, 3.05) is 13.1 Å². The van der Waals surface area contributed by atoms with Gasteiger partial charge in [-0.15, -0.1) is 0 Å². The summed E-state index contributed by atoms with van der Waals surface area (Å²) < 4.78 is 12.9. The number of halogens is 1. The minimum atomic E-state index is -0.926. The molecule has 1 fully saturated rings. The van der Waals surface area contributed by atoms with E-state index in [-0.39, 0.29) is 30.7 Å². The minimum absolute atomic E-state index is 0.0730. The molecule has 0 aromatic heterocycles. The van der Waals surface area contributed by atoms with Gasteiger partial charge in [0.25, 0.3) is 0 Å². The van der Waals surface area contributed by atoms with E-state index in [0.717, 1.165) is 24.9 Å². The number of nitrogens with one attached hydrogen (secondary N) is 1. The quantitative estimate of drug-likeness (QED) is 0.831. The first-order valence-corrected chi connectivity index (χ1v) is 7.04. The summed E-state index contributed by atoms with van der Waals surface area (Å²) in [5.74, 6) is -1.33. The van der Waals surface area contributed by atoms with Crippen LogP contribution >= 0.6 is 0 Å². The van der Waals surface area contributed by atoms with Gasteiger partial charge in [-0.3, -0.25) is 14.5 Å². The molecule has 1 aliphatic rings. The SMILES string of the molecule is O=C(O)CCNC(=O)C1CCCN1Cc1ccc(F)cc1. The van der Waals surface area contributed by atoms with Crippen LogP contribution in [-0.2, 0) is 16.1 Å². The van der Waals surface area contributed by atoms with Gasteiger partial charge in [0.15, 0.2) is 0 Å². The van der Waals surface area contributed by atoms with Crippen LogP contribution in [0, 0.1) is 5.82 Å². The third-order valence-corrected chi connectivity index (χ3v) is 3.60. The predicted molar refractivity (Wildman–Crippen MR) is 75.1 cm³/mol. The number of likely N-dealkylation sites (tertiary alicyclic amines) is 1. The molecule has 1 unspecified atom stereocenters. The van der Waals surface area contributed by atoms with E-state index in [1.54, 1.807) is 12.1 Å². The van der Waals surface area contributed by atoms with E-state index in [2.05, 4.69) is 5.32 Å². The molecule has 1 amide bonds. The Bertz CT molecular complexity index is 504. The van der Waals surface area contributed by atoms with Crippen LogP contribution in [0.5, 0.6) is 0 Å². The normalized spacial score (nSPS) is 18.6. The van der Waals surface area contributed by atoms with Crippen molar-refractivity contribution in [2.45, 2.75) is 31.8 Å². The summed E-state index contributed by atoms with van der Waals surface area (Å²) in [7, 11) is 0. The van der Waals surface area contributed by atoms with Crippen LogP contribution in [-0.4, -0.2) is 41.0 Å². The van der Waals surface area contributed by atoms with Gasteiger partial charge in [0.2, 0.25) is 5.91 Å². The van der Waals surface area contributed by atoms with Crippen LogP contribution in [0.4, 0.5) is 4.39 Å². The molecule has 2 rings (SSSR count). The lowest BCUT2D eigenvalue weighted by atomic mass is 10.1. The largest absolute Gasteiger partial charge is 0.481 e. The van der Waals surface area contributed by atoms with Crippen LogP contribution in [0.3, 0.4) is 0 Å². The van der Waals surface area contributed by atoms with Crippen molar-refractivity contribution in [1.82, 2.24) is 10.2 Å². The highest BCUT2D eigenvalue weighted by molar-refractivity contribution is 5.82. The van der Waals surface area contributed by atoms with Crippen LogP contribution < -0.4 is 5.32 Å². The first-order valence-electron chi connectivity index (χ1n) is 7.04. The molecular formula is C15H19FN2O3. The molecule has 0 spiro atoms. The summed E-state index contributed by atoms with van der Waals surface area (Å²) in [5.41, 5.74) is 0.960. The van der Waals surface area contributed by atoms with E-state index in [4.69, 9.17) is 5.11 Å². The number of carboxylic acids is 1. The first kappa shape index (κ1) is 15.4. The smallest absolute Gasteiger partial charge is 0.305 e. The average Bonchev–Trinajstić information content (AvgIpc) is 2.89. The van der Waals surface area contributed by atoms with Crippen molar-refractivity contribution >= 4 is 11.9 Å². The van der Waals surface area contributed by atoms with E-state index in [1.807, 2.05) is 4.90 Å². The summed E-state index contributed by atoms with van der Waals surface area (Å²) >= 11 is 0. The second kappa shape index (κ2) is 7.17. The lowest BCUT2D eigenvalue weighted by Gasteiger charge is -2.23. The Hall–Kier alpha value is -1.95. The number of benzene rings is 1. The molecule has 1 heterocycles. The molecule has 0 aliphatic carbocycles. The summed E-state index contributed by atoms with van der Waals surface area (Å²) in [5, 5.41) is 11.2. The maximum Gasteiger partial charge on any atom is 0.305 e. The molecule has 0 radical (unpaired) electrons. The van der Waals surface area contributed by atoms with E-state index >= 15 is 0 Å². The molecule has 1 aliphatic heterocycles. The lowest BCUT2D eigenvalue weighted by molar-refractivity contribution is -0.137. The Morgan fingerprint density at radius 1 is 1.33 bits per heavy atom. The van der Waals surface area contributed by atoms with Crippen LogP contribution in [0.15, 0.2) is 24.3 Å². The minimum Gasteiger partial charge on any atom is -0.481 e. The zero-order valence-corrected chi connectivity index (χ0v) is 11.7. The zero-order chi connectivity index (χ0) is 15.2. The Labute approximate surface area is 122 Å². The summed E-state index contributed by atoms with van der Waals surface area (Å²) in [6, 6.07) is 6.02. The lowest BCUT2D eigenvalue weighted by Crippen LogP contribution is -2.43. The van der Waals surface area contributed by atoms with Gasteiger partial charge in [-0.2, -0.15) is 0 Å². The summed E-state index contributed by atoms with van der Waals surface area (Å²) in [4.78, 5) is 24.6. The summed E-state index contributed by atoms with van der Waals surface area (Å²) in [6.45, 7) is 1.56. The van der Waals surface area contributed by atoms with Crippen molar-refractivity contribution in [3.63, 3.8) is 0 Å². The van der Waals surface area contributed by atoms with Gasteiger partial charge in [0, 0.05) is 13.1 Å². The first-order chi connectivity index (χ1) is 10.1. The topological polar surface area (TPSA) is 69.6 Å². The molecule has 6 heteroatoms. The highest BCUT2D eigenvalue weighted by atomic mass is 19.1. The molecule has 1 saturated heterocycles. The molecule has 0 saturated carbocycles. The van der Waals surface area contributed by atoms with E-state index in [9.17, 15) is 14.0 Å². The number of hydrogen-bond donors (Lipinski definition) is 2. The fourth-order valence-corrected chi connectivity index (χ4v) is 2.55. The Morgan fingerprint density at radius 2 is 2.05 bits per heavy atom. The predicted octanol–water partition coefficient (Wildman–Crippen LogP) is 1.38. The van der Waals surface area contributed by atoms with Crippen molar-refractivity contribution < 1.29 is 19.1 Å². The Balaban J connectivity index is 1.88. The highest BCUT2D eigenvalue weighted by Crippen LogP contribution is 2.20. The van der Waals surface area contributed by atoms with Crippen molar-refractivity contribution in [3.05, 3.63) is 35.6 Å². The van der Waals surface area contributed by atoms with Crippen molar-refractivity contribution in [3.8, 4) is 0 Å². The molecule has 5 nitrogen and oxygen atoms in total. The third kappa shape index (κ3) is 4.53. The standard InChI is InChI=1S/C15H19FN2O3/c16-12-5-3-11(4-6-12)10-18-9-1-2-13(18)15(21)17-8-7-14(19)20/h3-6,13H,1-2,7-10H2,(H,17,21)(H,19,20). The van der Waals surface area contributed by atoms with Gasteiger partial charge in [0.1, 0.15) is 5.82 Å². The van der Waals surface area contributed by atoms with Gasteiger partial charge in [-0.25, -0.2) is 4.39 Å². The van der Waals surface area contributed by atoms with Crippen molar-refractivity contribution in [1.29, 1.82) is 0 Å². The molecule has 2 N–H and O–H groups in total. The maximum absolute atomic E-state index is 12.9. The average molecular weight is 294 g/mol. The van der Waals surface area contributed by atoms with Crippen LogP contribution in [0.25, 0.3) is 0 Å². The Morgan fingerprint density at radius 3 is 2.71 bits per heavy atom. The monoisotopic (exact) mass is 294 g/mol. The van der Waals surface area contributed by atoms with Crippen LogP contribution in [0.2, 0.25) is 0 Å². The van der Waals surface area contributed by atoms with Gasteiger partial charge in [0.05, 0.1) is 12.5 Å². The molecule has 1 aromatic carbocycles. The fourth-order valence-electron chi connectivity index (χ4n) is 2.55. The number of hydrogen-bond acceptors (Lipinski definition) is 3. The highest BCUT2D eigenvalue weighted by Gasteiger charge is 2.30. The summed E-state index contributed by atoms with van der Waals surface area (Å²) in [6.07, 6.45) is 1.62. The number of carboxylic acid groups (broad SMARTS) is 1. The van der Waals surface area contributed by atoms with Gasteiger partial charge >= 0.3 is 5.97 Å². The van der Waals surface area contributed by atoms with E-state index < -0.39 is 5.97 Å². The molecule has 114 valence electrons. The number of rotatable bonds is 6. The number of amides is 1. The second-order valence-electron chi connectivity index (χ2n) is 5.19. The fraction of sp³-hybridized carbons (Fsp3) is 0.467. The van der Waals surface area contributed by atoms with Gasteiger partial charge < -0.3 is 10.4 Å². The molecule has 1 atom stereocenters.